The molecule has 0 bridgehead atoms. The summed E-state index contributed by atoms with van der Waals surface area (Å²) in [5, 5.41) is 16.7. The van der Waals surface area contributed by atoms with Crippen molar-refractivity contribution in [1.82, 2.24) is 0 Å². The van der Waals surface area contributed by atoms with Crippen LogP contribution in [-0.2, 0) is 4.79 Å². The summed E-state index contributed by atoms with van der Waals surface area (Å²) >= 11 is 0. The maximum atomic E-state index is 12.9. The maximum absolute atomic E-state index is 12.9. The lowest BCUT2D eigenvalue weighted by Gasteiger charge is -2.35. The van der Waals surface area contributed by atoms with Gasteiger partial charge in [0.2, 0.25) is 0 Å². The number of hydrogen-bond donors (Lipinski definition) is 3. The molecule has 0 saturated carbocycles. The number of alkyl halides is 8. The first-order chi connectivity index (χ1) is 8.21. The highest BCUT2D eigenvalue weighted by molar-refractivity contribution is 5.74. The van der Waals surface area contributed by atoms with Crippen LogP contribution in [0.5, 0.6) is 0 Å². The Bertz CT molecular complexity index is 347. The summed E-state index contributed by atoms with van der Waals surface area (Å²) in [5.74, 6) is -21.8. The van der Waals surface area contributed by atoms with E-state index in [1.807, 2.05) is 0 Å². The Balaban J connectivity index is 5.57. The average Bonchev–Trinajstić information content (AvgIpc) is 2.25. The molecule has 0 radical (unpaired) electrons. The summed E-state index contributed by atoms with van der Waals surface area (Å²) < 4.78 is 99.3. The maximum Gasteiger partial charge on any atom is 0.380 e. The quantitative estimate of drug-likeness (QED) is 0.638. The van der Waals surface area contributed by atoms with E-state index in [2.05, 4.69) is 5.73 Å². The molecule has 0 unspecified atom stereocenters. The van der Waals surface area contributed by atoms with Crippen LogP contribution in [0.1, 0.15) is 0 Å². The first kappa shape index (κ1) is 17.8. The summed E-state index contributed by atoms with van der Waals surface area (Å²) in [6.45, 7) is 0. The van der Waals surface area contributed by atoms with Crippen LogP contribution in [0.2, 0.25) is 0 Å². The fourth-order valence-electron chi connectivity index (χ4n) is 0.906. The van der Waals surface area contributed by atoms with E-state index in [9.17, 15) is 39.9 Å². The monoisotopic (exact) mass is 305 g/mol. The summed E-state index contributed by atoms with van der Waals surface area (Å²) in [7, 11) is 0. The van der Waals surface area contributed by atoms with Crippen molar-refractivity contribution >= 4 is 5.97 Å². The topological polar surface area (TPSA) is 83.6 Å². The Morgan fingerprint density at radius 3 is 1.63 bits per heavy atom. The van der Waals surface area contributed by atoms with Gasteiger partial charge in [-0.15, -0.1) is 0 Å². The van der Waals surface area contributed by atoms with Crippen molar-refractivity contribution in [2.45, 2.75) is 36.3 Å². The van der Waals surface area contributed by atoms with E-state index in [0.29, 0.717) is 0 Å². The number of nitrogens with two attached hydrogens (primary N) is 1. The second kappa shape index (κ2) is 5.07. The van der Waals surface area contributed by atoms with Crippen LogP contribution in [0.15, 0.2) is 0 Å². The first-order valence-corrected chi connectivity index (χ1v) is 4.29. The van der Waals surface area contributed by atoms with Crippen molar-refractivity contribution in [3.63, 3.8) is 0 Å². The van der Waals surface area contributed by atoms with Gasteiger partial charge in [-0.05, 0) is 0 Å². The number of aliphatic hydroxyl groups is 1. The van der Waals surface area contributed by atoms with Gasteiger partial charge in [-0.1, -0.05) is 0 Å². The van der Waals surface area contributed by atoms with Gasteiger partial charge in [-0.3, -0.25) is 4.79 Å². The Labute approximate surface area is 99.3 Å². The second-order valence-corrected chi connectivity index (χ2v) is 3.43. The van der Waals surface area contributed by atoms with Crippen LogP contribution in [0, 0.1) is 0 Å². The molecule has 114 valence electrons. The predicted octanol–water partition coefficient (Wildman–Crippen LogP) is 0.930. The third-order valence-electron chi connectivity index (χ3n) is 2.11. The highest BCUT2D eigenvalue weighted by Gasteiger charge is 2.78. The molecule has 0 aromatic heterocycles. The minimum atomic E-state index is -6.71. The zero-order valence-electron chi connectivity index (χ0n) is 8.64. The Hall–Kier alpha value is -1.17. The van der Waals surface area contributed by atoms with Crippen LogP contribution in [0.25, 0.3) is 0 Å². The third-order valence-corrected chi connectivity index (χ3v) is 2.11. The normalized spacial score (nSPS) is 17.4. The molecule has 0 saturated heterocycles. The van der Waals surface area contributed by atoms with E-state index in [0.717, 1.165) is 0 Å². The number of carboxylic acids is 1. The minimum Gasteiger partial charge on any atom is -0.480 e. The van der Waals surface area contributed by atoms with Crippen molar-refractivity contribution < 1.29 is 50.1 Å². The smallest absolute Gasteiger partial charge is 0.380 e. The first-order valence-electron chi connectivity index (χ1n) is 4.29. The van der Waals surface area contributed by atoms with Crippen LogP contribution in [0.4, 0.5) is 35.1 Å². The fraction of sp³-hybridized carbons (Fsp3) is 0.857. The molecule has 12 heteroatoms. The molecule has 0 aliphatic carbocycles. The van der Waals surface area contributed by atoms with Crippen molar-refractivity contribution in [3.8, 4) is 0 Å². The van der Waals surface area contributed by atoms with E-state index in [4.69, 9.17) is 10.2 Å². The lowest BCUT2D eigenvalue weighted by atomic mass is 9.95. The Morgan fingerprint density at radius 1 is 1.00 bits per heavy atom. The Kier molecular flexibility index (Phi) is 4.76. The number of carboxylic acid groups (broad SMARTS) is 1. The number of rotatable bonds is 6. The van der Waals surface area contributed by atoms with Gasteiger partial charge in [0.05, 0.1) is 0 Å². The number of halogens is 8. The number of hydrogen-bond acceptors (Lipinski definition) is 3. The second-order valence-electron chi connectivity index (χ2n) is 3.43. The van der Waals surface area contributed by atoms with Gasteiger partial charge in [-0.25, -0.2) is 8.78 Å². The molecular formula is C7H7F8NO3. The molecule has 0 rings (SSSR count). The van der Waals surface area contributed by atoms with Crippen LogP contribution < -0.4 is 5.73 Å². The third kappa shape index (κ3) is 2.73. The van der Waals surface area contributed by atoms with Gasteiger partial charge in [0, 0.05) is 0 Å². The van der Waals surface area contributed by atoms with Crippen molar-refractivity contribution in [2.75, 3.05) is 0 Å². The van der Waals surface area contributed by atoms with E-state index >= 15 is 0 Å². The van der Waals surface area contributed by atoms with Gasteiger partial charge in [-0.2, -0.15) is 26.3 Å². The number of aliphatic hydroxyl groups excluding tert-OH is 1. The number of carbonyl (C=O) groups is 1. The van der Waals surface area contributed by atoms with Crippen LogP contribution >= 0.6 is 0 Å². The largest absolute Gasteiger partial charge is 0.480 e. The summed E-state index contributed by atoms with van der Waals surface area (Å²) in [5.41, 5.74) is 4.37. The van der Waals surface area contributed by atoms with E-state index < -0.39 is 42.3 Å². The van der Waals surface area contributed by atoms with Gasteiger partial charge in [0.25, 0.3) is 0 Å². The van der Waals surface area contributed by atoms with Gasteiger partial charge >= 0.3 is 30.2 Å². The lowest BCUT2D eigenvalue weighted by Crippen LogP contribution is -2.66. The van der Waals surface area contributed by atoms with Gasteiger partial charge in [0.15, 0.2) is 0 Å². The standard InChI is InChI=1S/C7H7F8NO3/c8-4(9)6(12,13)7(14,15)5(10,11)2(17)1(16)3(18)19/h1-2,4,17H,16H2,(H,18,19)/t1-,2-/m0/s1. The molecule has 2 atom stereocenters. The van der Waals surface area contributed by atoms with Crippen molar-refractivity contribution in [2.24, 2.45) is 5.73 Å². The summed E-state index contributed by atoms with van der Waals surface area (Å²) in [4.78, 5) is 10.1. The van der Waals surface area contributed by atoms with E-state index in [-0.39, 0.29) is 0 Å². The highest BCUT2D eigenvalue weighted by atomic mass is 19.4. The molecule has 4 N–H and O–H groups in total. The molecule has 0 fully saturated rings. The molecule has 0 spiro atoms. The Morgan fingerprint density at radius 2 is 1.37 bits per heavy atom. The number of aliphatic carboxylic acids is 1. The lowest BCUT2D eigenvalue weighted by molar-refractivity contribution is -0.356. The molecule has 0 heterocycles. The SMILES string of the molecule is N[C@H](C(=O)O)[C@H](O)C(F)(F)C(F)(F)C(F)(F)C(F)F. The van der Waals surface area contributed by atoms with Crippen molar-refractivity contribution in [1.29, 1.82) is 0 Å². The average molecular weight is 305 g/mol. The molecule has 4 nitrogen and oxygen atoms in total. The molecular weight excluding hydrogens is 298 g/mol. The molecule has 0 amide bonds. The van der Waals surface area contributed by atoms with E-state index in [1.165, 1.54) is 0 Å². The summed E-state index contributed by atoms with van der Waals surface area (Å²) in [6.07, 6.45) is -9.16. The predicted molar refractivity (Wildman–Crippen MR) is 42.5 cm³/mol. The zero-order chi connectivity index (χ0) is 15.8. The molecule has 0 aromatic rings. The van der Waals surface area contributed by atoms with Gasteiger partial charge < -0.3 is 15.9 Å². The highest BCUT2D eigenvalue weighted by Crippen LogP contribution is 2.50. The molecule has 19 heavy (non-hydrogen) atoms. The summed E-state index contributed by atoms with van der Waals surface area (Å²) in [6, 6.07) is -3.07. The van der Waals surface area contributed by atoms with Crippen molar-refractivity contribution in [3.05, 3.63) is 0 Å². The fourth-order valence-corrected chi connectivity index (χ4v) is 0.906. The molecule has 0 aliphatic heterocycles. The zero-order valence-corrected chi connectivity index (χ0v) is 8.64. The van der Waals surface area contributed by atoms with Gasteiger partial charge in [0.1, 0.15) is 12.1 Å². The minimum absolute atomic E-state index is 2.41. The van der Waals surface area contributed by atoms with Crippen LogP contribution in [0.3, 0.4) is 0 Å². The van der Waals surface area contributed by atoms with Crippen LogP contribution in [-0.4, -0.2) is 52.5 Å². The van der Waals surface area contributed by atoms with E-state index in [1.54, 1.807) is 0 Å². The molecule has 0 aromatic carbocycles. The molecule has 0 aliphatic rings.